The molecule has 1 heterocycles. The molecule has 0 saturated carbocycles. The maximum absolute atomic E-state index is 12.4. The molecule has 1 aromatic rings. The normalized spacial score (nSPS) is 18.6. The minimum absolute atomic E-state index is 0.00408. The molecule has 2 amide bonds. The van der Waals surface area contributed by atoms with E-state index in [0.717, 1.165) is 17.7 Å². The number of amides is 2. The number of hydrogen-bond acceptors (Lipinski definition) is 3. The van der Waals surface area contributed by atoms with E-state index in [0.29, 0.717) is 18.7 Å². The summed E-state index contributed by atoms with van der Waals surface area (Å²) in [4.78, 5) is 26.6. The van der Waals surface area contributed by atoms with E-state index in [4.69, 9.17) is 5.73 Å². The van der Waals surface area contributed by atoms with Crippen LogP contribution < -0.4 is 5.73 Å². The van der Waals surface area contributed by atoms with Crippen molar-refractivity contribution in [2.75, 3.05) is 12.3 Å². The van der Waals surface area contributed by atoms with Crippen molar-refractivity contribution in [1.29, 1.82) is 0 Å². The molecule has 1 saturated heterocycles. The van der Waals surface area contributed by atoms with Crippen LogP contribution in [0, 0.1) is 13.8 Å². The summed E-state index contributed by atoms with van der Waals surface area (Å²) >= 11 is 1.53. The van der Waals surface area contributed by atoms with Crippen molar-refractivity contribution in [2.24, 2.45) is 5.73 Å². The summed E-state index contributed by atoms with van der Waals surface area (Å²) in [6.07, 6.45) is 2.60. The lowest BCUT2D eigenvalue weighted by atomic mass is 10.0. The number of hydrogen-bond donors (Lipinski definition) is 1. The third-order valence-electron chi connectivity index (χ3n) is 3.85. The Morgan fingerprint density at radius 2 is 2.10 bits per heavy atom. The summed E-state index contributed by atoms with van der Waals surface area (Å²) in [6, 6.07) is 5.80. The molecule has 21 heavy (non-hydrogen) atoms. The number of nitrogens with two attached hydrogens (primary N) is 1. The van der Waals surface area contributed by atoms with E-state index in [1.807, 2.05) is 13.8 Å². The topological polar surface area (TPSA) is 63.4 Å². The van der Waals surface area contributed by atoms with Crippen LogP contribution in [0.1, 0.15) is 30.4 Å². The fourth-order valence-electron chi connectivity index (χ4n) is 2.61. The second kappa shape index (κ2) is 6.98. The van der Waals surface area contributed by atoms with E-state index >= 15 is 0 Å². The van der Waals surface area contributed by atoms with Crippen molar-refractivity contribution in [3.8, 4) is 0 Å². The summed E-state index contributed by atoms with van der Waals surface area (Å²) < 4.78 is 0. The predicted octanol–water partition coefficient (Wildman–Crippen LogP) is 2.26. The maximum atomic E-state index is 12.4. The zero-order valence-corrected chi connectivity index (χ0v) is 13.4. The van der Waals surface area contributed by atoms with Gasteiger partial charge in [0.2, 0.25) is 11.8 Å². The van der Waals surface area contributed by atoms with Gasteiger partial charge in [-0.25, -0.2) is 0 Å². The van der Waals surface area contributed by atoms with E-state index in [1.54, 1.807) is 4.90 Å². The second-order valence-corrected chi connectivity index (χ2v) is 6.58. The molecule has 1 unspecified atom stereocenters. The van der Waals surface area contributed by atoms with Crippen LogP contribution >= 0.6 is 11.8 Å². The standard InChI is InChI=1S/C16H22N2O2S/c1-11-6-7-12(2)14(9-11)21-10-15(19)18-8-4-3-5-13(18)16(17)20/h6-7,9,13H,3-5,8,10H2,1-2H3,(H2,17,20). The summed E-state index contributed by atoms with van der Waals surface area (Å²) in [5.41, 5.74) is 7.76. The van der Waals surface area contributed by atoms with Crippen molar-refractivity contribution in [1.82, 2.24) is 4.90 Å². The average molecular weight is 306 g/mol. The van der Waals surface area contributed by atoms with Gasteiger partial charge in [-0.15, -0.1) is 11.8 Å². The Morgan fingerprint density at radius 1 is 1.33 bits per heavy atom. The minimum atomic E-state index is -0.426. The fourth-order valence-corrected chi connectivity index (χ4v) is 3.62. The predicted molar refractivity (Wildman–Crippen MR) is 85.2 cm³/mol. The Bertz CT molecular complexity index is 545. The Balaban J connectivity index is 2.00. The molecule has 1 aliphatic rings. The smallest absolute Gasteiger partial charge is 0.240 e. The molecule has 1 aliphatic heterocycles. The Morgan fingerprint density at radius 3 is 2.81 bits per heavy atom. The summed E-state index contributed by atoms with van der Waals surface area (Å²) in [5, 5.41) is 0. The first-order valence-corrected chi connectivity index (χ1v) is 8.26. The Kier molecular flexibility index (Phi) is 5.28. The number of likely N-dealkylation sites (tertiary alicyclic amines) is 1. The van der Waals surface area contributed by atoms with E-state index < -0.39 is 6.04 Å². The molecule has 1 fully saturated rings. The highest BCUT2D eigenvalue weighted by Crippen LogP contribution is 2.25. The van der Waals surface area contributed by atoms with Crippen LogP contribution in [-0.4, -0.2) is 35.1 Å². The Labute approximate surface area is 130 Å². The minimum Gasteiger partial charge on any atom is -0.368 e. The quantitative estimate of drug-likeness (QED) is 0.868. The van der Waals surface area contributed by atoms with Gasteiger partial charge in [0, 0.05) is 11.4 Å². The van der Waals surface area contributed by atoms with Crippen molar-refractivity contribution in [3.05, 3.63) is 29.3 Å². The first-order chi connectivity index (χ1) is 9.99. The number of thioether (sulfide) groups is 1. The Hall–Kier alpha value is -1.49. The highest BCUT2D eigenvalue weighted by atomic mass is 32.2. The molecule has 0 bridgehead atoms. The molecular weight excluding hydrogens is 284 g/mol. The first-order valence-electron chi connectivity index (χ1n) is 7.28. The molecule has 0 aromatic heterocycles. The van der Waals surface area contributed by atoms with Gasteiger partial charge >= 0.3 is 0 Å². The number of carbonyl (C=O) groups excluding carboxylic acids is 2. The van der Waals surface area contributed by atoms with Crippen LogP contribution in [0.25, 0.3) is 0 Å². The number of carbonyl (C=O) groups is 2. The summed E-state index contributed by atoms with van der Waals surface area (Å²) in [6.45, 7) is 4.72. The van der Waals surface area contributed by atoms with Crippen molar-refractivity contribution >= 4 is 23.6 Å². The van der Waals surface area contributed by atoms with Gasteiger partial charge in [0.15, 0.2) is 0 Å². The highest BCUT2D eigenvalue weighted by Gasteiger charge is 2.30. The third kappa shape index (κ3) is 4.00. The SMILES string of the molecule is Cc1ccc(C)c(SCC(=O)N2CCCCC2C(N)=O)c1. The molecule has 114 valence electrons. The number of aryl methyl sites for hydroxylation is 2. The van der Waals surface area contributed by atoms with Crippen molar-refractivity contribution in [2.45, 2.75) is 44.0 Å². The van der Waals surface area contributed by atoms with Gasteiger partial charge in [-0.2, -0.15) is 0 Å². The zero-order valence-electron chi connectivity index (χ0n) is 12.6. The molecular formula is C16H22N2O2S. The zero-order chi connectivity index (χ0) is 15.4. The van der Waals surface area contributed by atoms with E-state index in [9.17, 15) is 9.59 Å². The first kappa shape index (κ1) is 15.9. The molecule has 0 radical (unpaired) electrons. The molecule has 1 aromatic carbocycles. The average Bonchev–Trinajstić information content (AvgIpc) is 2.47. The lowest BCUT2D eigenvalue weighted by Gasteiger charge is -2.33. The summed E-state index contributed by atoms with van der Waals surface area (Å²) in [7, 11) is 0. The van der Waals surface area contributed by atoms with Crippen LogP contribution in [0.4, 0.5) is 0 Å². The van der Waals surface area contributed by atoms with Gasteiger partial charge in [-0.05, 0) is 44.7 Å². The van der Waals surface area contributed by atoms with Gasteiger partial charge in [-0.3, -0.25) is 9.59 Å². The highest BCUT2D eigenvalue weighted by molar-refractivity contribution is 8.00. The number of benzene rings is 1. The second-order valence-electron chi connectivity index (χ2n) is 5.56. The van der Waals surface area contributed by atoms with Crippen LogP contribution in [0.15, 0.2) is 23.1 Å². The van der Waals surface area contributed by atoms with Gasteiger partial charge in [0.25, 0.3) is 0 Å². The molecule has 1 atom stereocenters. The van der Waals surface area contributed by atoms with Crippen LogP contribution in [0.5, 0.6) is 0 Å². The van der Waals surface area contributed by atoms with E-state index in [1.165, 1.54) is 22.9 Å². The third-order valence-corrected chi connectivity index (χ3v) is 4.99. The molecule has 2 N–H and O–H groups in total. The number of nitrogens with zero attached hydrogens (tertiary/aromatic N) is 1. The van der Waals surface area contributed by atoms with Crippen LogP contribution in [0.3, 0.4) is 0 Å². The van der Waals surface area contributed by atoms with Crippen molar-refractivity contribution in [3.63, 3.8) is 0 Å². The van der Waals surface area contributed by atoms with Crippen molar-refractivity contribution < 1.29 is 9.59 Å². The van der Waals surface area contributed by atoms with Gasteiger partial charge in [0.05, 0.1) is 5.75 Å². The van der Waals surface area contributed by atoms with Crippen LogP contribution in [0.2, 0.25) is 0 Å². The number of rotatable bonds is 4. The monoisotopic (exact) mass is 306 g/mol. The number of primary amides is 1. The molecule has 5 heteroatoms. The van der Waals surface area contributed by atoms with E-state index in [-0.39, 0.29) is 11.8 Å². The molecule has 4 nitrogen and oxygen atoms in total. The molecule has 0 aliphatic carbocycles. The lowest BCUT2D eigenvalue weighted by molar-refractivity contribution is -0.138. The number of piperidine rings is 1. The largest absolute Gasteiger partial charge is 0.368 e. The summed E-state index contributed by atoms with van der Waals surface area (Å²) in [5.74, 6) is -0.0298. The molecule has 0 spiro atoms. The fraction of sp³-hybridized carbons (Fsp3) is 0.500. The lowest BCUT2D eigenvalue weighted by Crippen LogP contribution is -2.51. The van der Waals surface area contributed by atoms with Gasteiger partial charge < -0.3 is 10.6 Å². The van der Waals surface area contributed by atoms with Gasteiger partial charge in [0.1, 0.15) is 6.04 Å². The van der Waals surface area contributed by atoms with Crippen LogP contribution in [-0.2, 0) is 9.59 Å². The van der Waals surface area contributed by atoms with E-state index in [2.05, 4.69) is 18.2 Å². The molecule has 2 rings (SSSR count). The van der Waals surface area contributed by atoms with Gasteiger partial charge in [-0.1, -0.05) is 17.7 Å². The maximum Gasteiger partial charge on any atom is 0.240 e.